The summed E-state index contributed by atoms with van der Waals surface area (Å²) in [4.78, 5) is 24.8. The highest BCUT2D eigenvalue weighted by Gasteiger charge is 2.62. The molecule has 0 aliphatic carbocycles. The predicted molar refractivity (Wildman–Crippen MR) is 111 cm³/mol. The fourth-order valence-electron chi connectivity index (χ4n) is 3.46. The quantitative estimate of drug-likeness (QED) is 0.445. The number of nitrogens with zero attached hydrogens (tertiary/aromatic N) is 4. The van der Waals surface area contributed by atoms with Crippen molar-refractivity contribution in [1.82, 2.24) is 24.7 Å². The third-order valence-electron chi connectivity index (χ3n) is 5.05. The second-order valence-electron chi connectivity index (χ2n) is 6.94. The summed E-state index contributed by atoms with van der Waals surface area (Å²) in [5.41, 5.74) is -2.33. The number of carbonyl (C=O) groups is 1. The molecule has 0 aliphatic heterocycles. The van der Waals surface area contributed by atoms with Crippen LogP contribution in [-0.2, 0) is 10.5 Å². The fraction of sp³-hybridized carbons (Fsp3) is 0.182. The molecule has 0 aliphatic rings. The van der Waals surface area contributed by atoms with Gasteiger partial charge in [-0.05, 0) is 29.8 Å². The molecule has 0 fully saturated rings. The first kappa shape index (κ1) is 22.2. The number of amides is 1. The number of hydrogen-bond donors (Lipinski definition) is 1. The van der Waals surface area contributed by atoms with Gasteiger partial charge in [-0.2, -0.15) is 18.2 Å². The van der Waals surface area contributed by atoms with Gasteiger partial charge in [-0.1, -0.05) is 18.2 Å². The third-order valence-corrected chi connectivity index (χ3v) is 5.05. The third kappa shape index (κ3) is 3.87. The number of fused-ring (bicyclic) bond motifs is 1. The summed E-state index contributed by atoms with van der Waals surface area (Å²) in [5.74, 6) is -1.34. The number of alkyl halides is 3. The number of halogens is 3. The average Bonchev–Trinajstić information content (AvgIpc) is 3.21. The SMILES string of the molecule is COc1nc2cc(-c3cncnc3)ccn2c1C(NC(=O)c1ccccc1)(OC)C(F)(F)F. The van der Waals surface area contributed by atoms with Crippen molar-refractivity contribution < 1.29 is 27.4 Å². The lowest BCUT2D eigenvalue weighted by molar-refractivity contribution is -0.287. The van der Waals surface area contributed by atoms with Crippen molar-refractivity contribution in [1.29, 1.82) is 0 Å². The number of benzene rings is 1. The van der Waals surface area contributed by atoms with Crippen LogP contribution in [0.1, 0.15) is 16.1 Å². The van der Waals surface area contributed by atoms with Gasteiger partial charge >= 0.3 is 6.18 Å². The monoisotopic (exact) mass is 457 g/mol. The summed E-state index contributed by atoms with van der Waals surface area (Å²) in [5, 5.41) is 2.01. The Labute approximate surface area is 186 Å². The summed E-state index contributed by atoms with van der Waals surface area (Å²) < 4.78 is 55.0. The largest absolute Gasteiger partial charge is 0.480 e. The highest BCUT2D eigenvalue weighted by atomic mass is 19.4. The van der Waals surface area contributed by atoms with Gasteiger partial charge in [0.15, 0.2) is 0 Å². The van der Waals surface area contributed by atoms with Gasteiger partial charge in [-0.25, -0.2) is 9.97 Å². The van der Waals surface area contributed by atoms with Crippen molar-refractivity contribution in [3.63, 3.8) is 0 Å². The molecule has 11 heteroatoms. The molecule has 3 heterocycles. The molecule has 3 aromatic heterocycles. The zero-order valence-electron chi connectivity index (χ0n) is 17.5. The molecule has 1 atom stereocenters. The minimum atomic E-state index is -5.07. The molecule has 0 spiro atoms. The van der Waals surface area contributed by atoms with Crippen molar-refractivity contribution in [2.45, 2.75) is 11.9 Å². The fourth-order valence-corrected chi connectivity index (χ4v) is 3.46. The van der Waals surface area contributed by atoms with E-state index < -0.39 is 23.5 Å². The Hall–Kier alpha value is -3.99. The predicted octanol–water partition coefficient (Wildman–Crippen LogP) is 3.59. The molecule has 33 heavy (non-hydrogen) atoms. The maximum atomic E-state index is 14.6. The molecule has 0 bridgehead atoms. The summed E-state index contributed by atoms with van der Waals surface area (Å²) in [6, 6.07) is 10.7. The molecular weight excluding hydrogens is 439 g/mol. The standard InChI is InChI=1S/C22H18F3N5O3/c1-32-20-18(30-9-8-15(10-17(30)28-20)16-11-26-13-27-12-16)21(33-2,22(23,24)25)29-19(31)14-6-4-3-5-7-14/h3-13H,1-2H3,(H,29,31). The van der Waals surface area contributed by atoms with Gasteiger partial charge in [0.05, 0.1) is 7.11 Å². The number of ether oxygens (including phenoxy) is 2. The number of hydrogen-bond acceptors (Lipinski definition) is 6. The lowest BCUT2D eigenvalue weighted by atomic mass is 10.1. The zero-order chi connectivity index (χ0) is 23.6. The van der Waals surface area contributed by atoms with Crippen LogP contribution in [0.25, 0.3) is 16.8 Å². The van der Waals surface area contributed by atoms with Crippen LogP contribution in [0, 0.1) is 0 Å². The van der Waals surface area contributed by atoms with E-state index in [1.807, 2.05) is 5.32 Å². The minimum Gasteiger partial charge on any atom is -0.480 e. The van der Waals surface area contributed by atoms with Crippen molar-refractivity contribution in [2.24, 2.45) is 0 Å². The number of pyridine rings is 1. The second kappa shape index (κ2) is 8.51. The van der Waals surface area contributed by atoms with Crippen LogP contribution in [0.4, 0.5) is 13.2 Å². The first-order chi connectivity index (χ1) is 15.8. The van der Waals surface area contributed by atoms with Crippen molar-refractivity contribution in [3.8, 4) is 17.0 Å². The van der Waals surface area contributed by atoms with Crippen LogP contribution in [0.15, 0.2) is 67.4 Å². The molecule has 0 saturated heterocycles. The Morgan fingerprint density at radius 1 is 1.03 bits per heavy atom. The average molecular weight is 457 g/mol. The molecular formula is C22H18F3N5O3. The topological polar surface area (TPSA) is 90.6 Å². The van der Waals surface area contributed by atoms with Gasteiger partial charge < -0.3 is 14.8 Å². The Bertz CT molecular complexity index is 1280. The van der Waals surface area contributed by atoms with E-state index in [2.05, 4.69) is 15.0 Å². The maximum absolute atomic E-state index is 14.6. The van der Waals surface area contributed by atoms with E-state index in [1.54, 1.807) is 42.7 Å². The Balaban J connectivity index is 1.90. The summed E-state index contributed by atoms with van der Waals surface area (Å²) in [6.45, 7) is 0. The molecule has 0 saturated carbocycles. The minimum absolute atomic E-state index is 0.0299. The second-order valence-corrected chi connectivity index (χ2v) is 6.94. The molecule has 4 aromatic rings. The maximum Gasteiger partial charge on any atom is 0.443 e. The van der Waals surface area contributed by atoms with E-state index >= 15 is 0 Å². The highest BCUT2D eigenvalue weighted by molar-refractivity contribution is 5.94. The summed E-state index contributed by atoms with van der Waals surface area (Å²) in [6.07, 6.45) is 0.812. The molecule has 1 N–H and O–H groups in total. The van der Waals surface area contributed by atoms with Crippen LogP contribution in [0.3, 0.4) is 0 Å². The van der Waals surface area contributed by atoms with Gasteiger partial charge in [0.2, 0.25) is 5.88 Å². The van der Waals surface area contributed by atoms with Gasteiger partial charge in [-0.3, -0.25) is 9.20 Å². The first-order valence-corrected chi connectivity index (χ1v) is 9.62. The van der Waals surface area contributed by atoms with E-state index in [9.17, 15) is 18.0 Å². The normalized spacial score (nSPS) is 13.5. The summed E-state index contributed by atoms with van der Waals surface area (Å²) >= 11 is 0. The van der Waals surface area contributed by atoms with Gasteiger partial charge in [0.25, 0.3) is 11.6 Å². The smallest absolute Gasteiger partial charge is 0.443 e. The number of methoxy groups -OCH3 is 2. The number of carbonyl (C=O) groups excluding carboxylic acids is 1. The van der Waals surface area contributed by atoms with Crippen LogP contribution >= 0.6 is 0 Å². The van der Waals surface area contributed by atoms with Crippen molar-refractivity contribution in [3.05, 3.63) is 78.6 Å². The number of rotatable bonds is 6. The van der Waals surface area contributed by atoms with Gasteiger partial charge in [-0.15, -0.1) is 0 Å². The van der Waals surface area contributed by atoms with E-state index in [1.165, 1.54) is 31.8 Å². The lowest BCUT2D eigenvalue weighted by Gasteiger charge is -2.34. The molecule has 1 amide bonds. The Kier molecular flexibility index (Phi) is 5.73. The van der Waals surface area contributed by atoms with Crippen LogP contribution in [0.5, 0.6) is 5.88 Å². The molecule has 170 valence electrons. The molecule has 0 radical (unpaired) electrons. The van der Waals surface area contributed by atoms with E-state index in [4.69, 9.17) is 9.47 Å². The Morgan fingerprint density at radius 2 is 1.73 bits per heavy atom. The van der Waals surface area contributed by atoms with Crippen LogP contribution < -0.4 is 10.1 Å². The molecule has 1 aromatic carbocycles. The Morgan fingerprint density at radius 3 is 2.33 bits per heavy atom. The van der Waals surface area contributed by atoms with Crippen LogP contribution in [-0.4, -0.2) is 45.7 Å². The van der Waals surface area contributed by atoms with E-state index in [0.717, 1.165) is 11.5 Å². The summed E-state index contributed by atoms with van der Waals surface area (Å²) in [7, 11) is 2.04. The van der Waals surface area contributed by atoms with Crippen molar-refractivity contribution in [2.75, 3.05) is 14.2 Å². The van der Waals surface area contributed by atoms with E-state index in [-0.39, 0.29) is 17.1 Å². The molecule has 1 unspecified atom stereocenters. The number of aromatic nitrogens is 4. The first-order valence-electron chi connectivity index (χ1n) is 9.62. The van der Waals surface area contributed by atoms with Crippen LogP contribution in [0.2, 0.25) is 0 Å². The number of imidazole rings is 1. The van der Waals surface area contributed by atoms with E-state index in [0.29, 0.717) is 11.1 Å². The highest BCUT2D eigenvalue weighted by Crippen LogP contribution is 2.44. The molecule has 8 nitrogen and oxygen atoms in total. The van der Waals surface area contributed by atoms with Crippen molar-refractivity contribution >= 4 is 11.6 Å². The molecule has 4 rings (SSSR count). The number of nitrogens with one attached hydrogen (secondary N) is 1. The van der Waals surface area contributed by atoms with Gasteiger partial charge in [0.1, 0.15) is 17.7 Å². The lowest BCUT2D eigenvalue weighted by Crippen LogP contribution is -2.58. The van der Waals surface area contributed by atoms with Gasteiger partial charge in [0, 0.05) is 36.8 Å². The zero-order valence-corrected chi connectivity index (χ0v) is 17.5.